The lowest BCUT2D eigenvalue weighted by atomic mass is 9.67. The fourth-order valence-corrected chi connectivity index (χ4v) is 4.84. The van der Waals surface area contributed by atoms with Gasteiger partial charge in [-0.05, 0) is 45.5 Å². The van der Waals surface area contributed by atoms with Crippen molar-refractivity contribution < 1.29 is 9.47 Å². The monoisotopic (exact) mass is 362 g/mol. The van der Waals surface area contributed by atoms with Crippen molar-refractivity contribution in [1.29, 1.82) is 0 Å². The van der Waals surface area contributed by atoms with Gasteiger partial charge in [0.15, 0.2) is 11.5 Å². The molecule has 1 heterocycles. The van der Waals surface area contributed by atoms with E-state index >= 15 is 0 Å². The Bertz CT molecular complexity index is 1150. The molecule has 2 aliphatic rings. The third-order valence-corrected chi connectivity index (χ3v) is 5.96. The molecule has 0 atom stereocenters. The third kappa shape index (κ3) is 1.92. The van der Waals surface area contributed by atoms with Crippen molar-refractivity contribution in [3.05, 3.63) is 119 Å². The Morgan fingerprint density at radius 1 is 0.536 bits per heavy atom. The van der Waals surface area contributed by atoms with E-state index in [1.165, 1.54) is 33.4 Å². The summed E-state index contributed by atoms with van der Waals surface area (Å²) in [6.07, 6.45) is 0. The van der Waals surface area contributed by atoms with E-state index in [-0.39, 0.29) is 12.2 Å². The SMILES string of the molecule is c1ccc(C2(c3ccc4c(c3)OCO4)c3ccccc3-c3ccccc32)cc1. The predicted molar refractivity (Wildman–Crippen MR) is 110 cm³/mol. The van der Waals surface area contributed by atoms with Gasteiger partial charge in [0.05, 0.1) is 5.41 Å². The molecule has 2 heteroatoms. The van der Waals surface area contributed by atoms with Gasteiger partial charge in [0.1, 0.15) is 0 Å². The van der Waals surface area contributed by atoms with Crippen LogP contribution in [-0.4, -0.2) is 6.79 Å². The minimum atomic E-state index is -0.380. The maximum Gasteiger partial charge on any atom is 0.231 e. The molecule has 4 aromatic carbocycles. The lowest BCUT2D eigenvalue weighted by Crippen LogP contribution is -2.28. The molecule has 0 N–H and O–H groups in total. The summed E-state index contributed by atoms with van der Waals surface area (Å²) in [6.45, 7) is 0.282. The second-order valence-electron chi connectivity index (χ2n) is 7.28. The molecule has 0 aromatic heterocycles. The first-order valence-electron chi connectivity index (χ1n) is 9.54. The Kier molecular flexibility index (Phi) is 3.18. The van der Waals surface area contributed by atoms with Crippen molar-refractivity contribution in [1.82, 2.24) is 0 Å². The number of benzene rings is 4. The number of hydrogen-bond donors (Lipinski definition) is 0. The van der Waals surface area contributed by atoms with Gasteiger partial charge in [-0.25, -0.2) is 0 Å². The van der Waals surface area contributed by atoms with Crippen LogP contribution in [0, 0.1) is 0 Å². The third-order valence-electron chi connectivity index (χ3n) is 5.96. The maximum atomic E-state index is 5.73. The molecule has 134 valence electrons. The molecule has 28 heavy (non-hydrogen) atoms. The molecule has 0 fully saturated rings. The highest BCUT2D eigenvalue weighted by Crippen LogP contribution is 2.56. The van der Waals surface area contributed by atoms with E-state index in [1.54, 1.807) is 0 Å². The minimum Gasteiger partial charge on any atom is -0.454 e. The van der Waals surface area contributed by atoms with Gasteiger partial charge >= 0.3 is 0 Å². The highest BCUT2D eigenvalue weighted by atomic mass is 16.7. The van der Waals surface area contributed by atoms with Gasteiger partial charge in [0.25, 0.3) is 0 Å². The van der Waals surface area contributed by atoms with E-state index < -0.39 is 0 Å². The molecule has 1 aliphatic heterocycles. The lowest BCUT2D eigenvalue weighted by Gasteiger charge is -2.33. The quantitative estimate of drug-likeness (QED) is 0.396. The topological polar surface area (TPSA) is 18.5 Å². The summed E-state index contributed by atoms with van der Waals surface area (Å²) in [7, 11) is 0. The Labute approximate surface area is 164 Å². The molecule has 0 radical (unpaired) electrons. The molecule has 2 nitrogen and oxygen atoms in total. The van der Waals surface area contributed by atoms with Crippen molar-refractivity contribution >= 4 is 0 Å². The van der Waals surface area contributed by atoms with Crippen LogP contribution in [0.2, 0.25) is 0 Å². The molecule has 4 aromatic rings. The standard InChI is InChI=1S/C26H18O2/c1-2-8-18(9-3-1)26(19-14-15-24-25(16-19)28-17-27-24)22-12-6-4-10-20(22)21-11-5-7-13-23(21)26/h1-16H,17H2. The zero-order valence-corrected chi connectivity index (χ0v) is 15.3. The Morgan fingerprint density at radius 3 is 1.86 bits per heavy atom. The van der Waals surface area contributed by atoms with Crippen molar-refractivity contribution in [2.45, 2.75) is 5.41 Å². The van der Waals surface area contributed by atoms with E-state index in [1.807, 2.05) is 6.07 Å². The van der Waals surface area contributed by atoms with Crippen LogP contribution in [0.1, 0.15) is 22.3 Å². The number of rotatable bonds is 2. The van der Waals surface area contributed by atoms with Gasteiger partial charge in [-0.15, -0.1) is 0 Å². The second-order valence-corrected chi connectivity index (χ2v) is 7.28. The van der Waals surface area contributed by atoms with Gasteiger partial charge in [-0.1, -0.05) is 84.9 Å². The summed E-state index contributed by atoms with van der Waals surface area (Å²) in [5.74, 6) is 1.63. The van der Waals surface area contributed by atoms with Crippen molar-refractivity contribution in [2.75, 3.05) is 6.79 Å². The first-order chi connectivity index (χ1) is 13.9. The fraction of sp³-hybridized carbons (Fsp3) is 0.0769. The average Bonchev–Trinajstić information content (AvgIpc) is 3.35. The summed E-state index contributed by atoms with van der Waals surface area (Å²) < 4.78 is 11.3. The van der Waals surface area contributed by atoms with Crippen molar-refractivity contribution in [3.63, 3.8) is 0 Å². The van der Waals surface area contributed by atoms with E-state index in [0.717, 1.165) is 11.5 Å². The van der Waals surface area contributed by atoms with Gasteiger partial charge < -0.3 is 9.47 Å². The Hall–Kier alpha value is -3.52. The first-order valence-corrected chi connectivity index (χ1v) is 9.54. The highest BCUT2D eigenvalue weighted by molar-refractivity contribution is 5.86. The number of ether oxygens (including phenoxy) is 2. The van der Waals surface area contributed by atoms with Crippen LogP contribution < -0.4 is 9.47 Å². The summed E-state index contributed by atoms with van der Waals surface area (Å²) in [6, 6.07) is 34.6. The number of hydrogen-bond acceptors (Lipinski definition) is 2. The van der Waals surface area contributed by atoms with Crippen LogP contribution in [0.3, 0.4) is 0 Å². The summed E-state index contributed by atoms with van der Waals surface area (Å²) >= 11 is 0. The van der Waals surface area contributed by atoms with Crippen LogP contribution in [0.5, 0.6) is 11.5 Å². The summed E-state index contributed by atoms with van der Waals surface area (Å²) in [5.41, 5.74) is 7.27. The Morgan fingerprint density at radius 2 is 1.14 bits per heavy atom. The predicted octanol–water partition coefficient (Wildman–Crippen LogP) is 5.78. The van der Waals surface area contributed by atoms with E-state index in [9.17, 15) is 0 Å². The highest BCUT2D eigenvalue weighted by Gasteiger charge is 2.46. The lowest BCUT2D eigenvalue weighted by molar-refractivity contribution is 0.174. The second kappa shape index (κ2) is 5.74. The molecule has 0 bridgehead atoms. The normalized spacial score (nSPS) is 15.1. The van der Waals surface area contributed by atoms with Crippen LogP contribution >= 0.6 is 0 Å². The van der Waals surface area contributed by atoms with Crippen molar-refractivity contribution in [3.8, 4) is 22.6 Å². The molecule has 0 saturated carbocycles. The van der Waals surface area contributed by atoms with E-state index in [4.69, 9.17) is 9.47 Å². The summed E-state index contributed by atoms with van der Waals surface area (Å²) in [5, 5.41) is 0. The zero-order chi connectivity index (χ0) is 18.6. The molecule has 0 amide bonds. The zero-order valence-electron chi connectivity index (χ0n) is 15.3. The average molecular weight is 362 g/mol. The van der Waals surface area contributed by atoms with Crippen LogP contribution in [0.4, 0.5) is 0 Å². The largest absolute Gasteiger partial charge is 0.454 e. The molecule has 0 spiro atoms. The Balaban J connectivity index is 1.76. The fourth-order valence-electron chi connectivity index (χ4n) is 4.84. The number of fused-ring (bicyclic) bond motifs is 4. The smallest absolute Gasteiger partial charge is 0.231 e. The van der Waals surface area contributed by atoms with Crippen LogP contribution in [0.25, 0.3) is 11.1 Å². The molecular weight excluding hydrogens is 344 g/mol. The van der Waals surface area contributed by atoms with Crippen LogP contribution in [0.15, 0.2) is 97.1 Å². The minimum absolute atomic E-state index is 0.282. The molecular formula is C26H18O2. The van der Waals surface area contributed by atoms with E-state index in [0.29, 0.717) is 0 Å². The maximum absolute atomic E-state index is 5.73. The van der Waals surface area contributed by atoms with Gasteiger partial charge in [0.2, 0.25) is 6.79 Å². The van der Waals surface area contributed by atoms with Crippen molar-refractivity contribution in [2.24, 2.45) is 0 Å². The molecule has 0 unspecified atom stereocenters. The molecule has 0 saturated heterocycles. The summed E-state index contributed by atoms with van der Waals surface area (Å²) in [4.78, 5) is 0. The van der Waals surface area contributed by atoms with Gasteiger partial charge in [0, 0.05) is 0 Å². The van der Waals surface area contributed by atoms with Gasteiger partial charge in [-0.3, -0.25) is 0 Å². The van der Waals surface area contributed by atoms with Gasteiger partial charge in [-0.2, -0.15) is 0 Å². The first kappa shape index (κ1) is 15.5. The van der Waals surface area contributed by atoms with Crippen LogP contribution in [-0.2, 0) is 5.41 Å². The molecule has 1 aliphatic carbocycles. The molecule has 6 rings (SSSR count). The van der Waals surface area contributed by atoms with E-state index in [2.05, 4.69) is 91.0 Å².